The lowest BCUT2D eigenvalue weighted by Crippen LogP contribution is -2.59. The molecule has 0 aromatic carbocycles. The van der Waals surface area contributed by atoms with E-state index in [0.29, 0.717) is 12.8 Å². The van der Waals surface area contributed by atoms with E-state index in [4.69, 9.17) is 18.9 Å². The molecule has 0 aliphatic carbocycles. The smallest absolute Gasteiger partial charge is 0.306 e. The van der Waals surface area contributed by atoms with Gasteiger partial charge in [0.05, 0.1) is 13.2 Å². The van der Waals surface area contributed by atoms with Crippen LogP contribution in [0.4, 0.5) is 0 Å². The molecule has 6 atom stereocenters. The Morgan fingerprint density at radius 1 is 0.582 bits per heavy atom. The second-order valence-corrected chi connectivity index (χ2v) is 13.8. The van der Waals surface area contributed by atoms with E-state index in [0.717, 1.165) is 89.9 Å². The summed E-state index contributed by atoms with van der Waals surface area (Å²) in [6, 6.07) is 0. The van der Waals surface area contributed by atoms with E-state index in [1.807, 2.05) is 30.4 Å². The van der Waals surface area contributed by atoms with Gasteiger partial charge in [0.1, 0.15) is 31.0 Å². The van der Waals surface area contributed by atoms with Gasteiger partial charge in [-0.05, 0) is 64.2 Å². The molecule has 55 heavy (non-hydrogen) atoms. The molecular formula is C45H72O10. The van der Waals surface area contributed by atoms with Crippen LogP contribution in [0.1, 0.15) is 129 Å². The van der Waals surface area contributed by atoms with Crippen LogP contribution in [0.25, 0.3) is 0 Å². The molecule has 10 nitrogen and oxygen atoms in total. The predicted molar refractivity (Wildman–Crippen MR) is 219 cm³/mol. The third kappa shape index (κ3) is 27.2. The minimum Gasteiger partial charge on any atom is -0.462 e. The number of carbonyl (C=O) groups is 2. The standard InChI is InChI=1S/C45H72O10/c1-3-5-7-9-11-13-15-17-19-21-23-25-27-29-31-33-40(47)52-36-38(37-53-45-44(51)43(50)42(49)39(35-46)55-45)54-41(48)34-32-30-28-26-24-22-20-18-16-14-12-10-8-6-4-2/h5-8,10-14,16-20,38-39,42-46,49-51H,3-4,9,15,21-37H2,1-2H3/b7-5+,8-6+,12-10+,13-11+,16-14+,19-17+,20-18+/t38-,39-,42+,43?,44?,45-/m0/s1. The second-order valence-electron chi connectivity index (χ2n) is 13.8. The van der Waals surface area contributed by atoms with Crippen LogP contribution in [0.2, 0.25) is 0 Å². The SMILES string of the molecule is CC/C=C/C=C/C=C/C=C/CCCCCCCC(=O)O[C@@H](COC(=O)CCCCCCC/C=C/C/C=C/C/C=C/CC)CO[C@H]1O[C@@H](CO)[C@@H](O)C(O)C1O. The molecule has 1 fully saturated rings. The van der Waals surface area contributed by atoms with Gasteiger partial charge in [-0.25, -0.2) is 0 Å². The fraction of sp³-hybridized carbons (Fsp3) is 0.644. The molecule has 0 spiro atoms. The zero-order chi connectivity index (χ0) is 40.2. The molecule has 4 N–H and O–H groups in total. The highest BCUT2D eigenvalue weighted by atomic mass is 16.7. The van der Waals surface area contributed by atoms with Crippen molar-refractivity contribution in [3.63, 3.8) is 0 Å². The van der Waals surface area contributed by atoms with Crippen LogP contribution in [-0.2, 0) is 28.5 Å². The lowest BCUT2D eigenvalue weighted by atomic mass is 9.99. The highest BCUT2D eigenvalue weighted by molar-refractivity contribution is 5.70. The maximum atomic E-state index is 12.7. The summed E-state index contributed by atoms with van der Waals surface area (Å²) in [5, 5.41) is 40.0. The highest BCUT2D eigenvalue weighted by Crippen LogP contribution is 2.22. The van der Waals surface area contributed by atoms with Crippen LogP contribution < -0.4 is 0 Å². The summed E-state index contributed by atoms with van der Waals surface area (Å²) in [5.41, 5.74) is 0. The van der Waals surface area contributed by atoms with Gasteiger partial charge in [0.25, 0.3) is 0 Å². The highest BCUT2D eigenvalue weighted by Gasteiger charge is 2.44. The van der Waals surface area contributed by atoms with E-state index in [2.05, 4.69) is 68.5 Å². The van der Waals surface area contributed by atoms with Crippen molar-refractivity contribution in [2.45, 2.75) is 166 Å². The first kappa shape index (κ1) is 49.9. The van der Waals surface area contributed by atoms with Crippen molar-refractivity contribution in [3.8, 4) is 0 Å². The van der Waals surface area contributed by atoms with E-state index < -0.39 is 55.4 Å². The number of rotatable bonds is 32. The Hall–Kier alpha value is -3.12. The molecule has 10 heteroatoms. The molecular weight excluding hydrogens is 700 g/mol. The molecule has 0 radical (unpaired) electrons. The molecule has 1 saturated heterocycles. The van der Waals surface area contributed by atoms with E-state index in [9.17, 15) is 30.0 Å². The number of ether oxygens (including phenoxy) is 4. The number of hydrogen-bond acceptors (Lipinski definition) is 10. The number of esters is 2. The van der Waals surface area contributed by atoms with Crippen molar-refractivity contribution < 1.29 is 49.0 Å². The van der Waals surface area contributed by atoms with E-state index >= 15 is 0 Å². The van der Waals surface area contributed by atoms with Crippen LogP contribution >= 0.6 is 0 Å². The number of aliphatic hydroxyl groups is 4. The normalized spacial score (nSPS) is 21.5. The van der Waals surface area contributed by atoms with Gasteiger partial charge in [0.2, 0.25) is 0 Å². The first-order chi connectivity index (χ1) is 26.8. The summed E-state index contributed by atoms with van der Waals surface area (Å²) in [6.45, 7) is 3.10. The lowest BCUT2D eigenvalue weighted by Gasteiger charge is -2.39. The van der Waals surface area contributed by atoms with Crippen molar-refractivity contribution in [1.82, 2.24) is 0 Å². The summed E-state index contributed by atoms with van der Waals surface area (Å²) in [4.78, 5) is 25.3. The van der Waals surface area contributed by atoms with E-state index in [1.54, 1.807) is 0 Å². The zero-order valence-corrected chi connectivity index (χ0v) is 33.6. The Morgan fingerprint density at radius 2 is 1.11 bits per heavy atom. The van der Waals surface area contributed by atoms with Crippen molar-refractivity contribution in [3.05, 3.63) is 85.1 Å². The van der Waals surface area contributed by atoms with Crippen molar-refractivity contribution in [1.29, 1.82) is 0 Å². The Kier molecular flexibility index (Phi) is 32.0. The third-order valence-electron chi connectivity index (χ3n) is 8.87. The zero-order valence-electron chi connectivity index (χ0n) is 33.6. The monoisotopic (exact) mass is 773 g/mol. The fourth-order valence-corrected chi connectivity index (χ4v) is 5.62. The van der Waals surface area contributed by atoms with Gasteiger partial charge in [-0.1, -0.05) is 137 Å². The molecule has 0 amide bonds. The molecule has 1 aliphatic rings. The van der Waals surface area contributed by atoms with Crippen LogP contribution in [0.15, 0.2) is 85.1 Å². The summed E-state index contributed by atoms with van der Waals surface area (Å²) < 4.78 is 22.1. The molecule has 0 bridgehead atoms. The lowest BCUT2D eigenvalue weighted by molar-refractivity contribution is -0.305. The molecule has 0 aromatic rings. The predicted octanol–water partition coefficient (Wildman–Crippen LogP) is 8.21. The largest absolute Gasteiger partial charge is 0.462 e. The average Bonchev–Trinajstić information content (AvgIpc) is 3.18. The van der Waals surface area contributed by atoms with Gasteiger partial charge in [-0.15, -0.1) is 0 Å². The number of aliphatic hydroxyl groups excluding tert-OH is 4. The molecule has 1 rings (SSSR count). The van der Waals surface area contributed by atoms with Gasteiger partial charge >= 0.3 is 11.9 Å². The Morgan fingerprint density at radius 3 is 1.75 bits per heavy atom. The Bertz CT molecular complexity index is 1170. The van der Waals surface area contributed by atoms with Gasteiger partial charge in [0.15, 0.2) is 12.4 Å². The summed E-state index contributed by atoms with van der Waals surface area (Å²) in [6.07, 6.45) is 37.3. The molecule has 1 aliphatic heterocycles. The number of unbranched alkanes of at least 4 members (excludes halogenated alkanes) is 10. The average molecular weight is 773 g/mol. The maximum absolute atomic E-state index is 12.7. The number of hydrogen-bond donors (Lipinski definition) is 4. The summed E-state index contributed by atoms with van der Waals surface area (Å²) in [5.74, 6) is -0.865. The maximum Gasteiger partial charge on any atom is 0.306 e. The topological polar surface area (TPSA) is 152 Å². The first-order valence-corrected chi connectivity index (χ1v) is 20.7. The summed E-state index contributed by atoms with van der Waals surface area (Å²) in [7, 11) is 0. The van der Waals surface area contributed by atoms with Crippen LogP contribution in [0, 0.1) is 0 Å². The van der Waals surface area contributed by atoms with Gasteiger partial charge < -0.3 is 39.4 Å². The van der Waals surface area contributed by atoms with Crippen molar-refractivity contribution in [2.24, 2.45) is 0 Å². The first-order valence-electron chi connectivity index (χ1n) is 20.7. The van der Waals surface area contributed by atoms with Gasteiger partial charge in [0, 0.05) is 12.8 Å². The van der Waals surface area contributed by atoms with Crippen LogP contribution in [-0.4, -0.2) is 89.0 Å². The Labute approximate surface area is 331 Å². The third-order valence-corrected chi connectivity index (χ3v) is 8.87. The minimum absolute atomic E-state index is 0.194. The second kappa shape index (κ2) is 35.3. The van der Waals surface area contributed by atoms with Gasteiger partial charge in [-0.3, -0.25) is 9.59 Å². The Balaban J connectivity index is 2.41. The van der Waals surface area contributed by atoms with Crippen LogP contribution in [0.5, 0.6) is 0 Å². The number of carbonyl (C=O) groups excluding carboxylic acids is 2. The van der Waals surface area contributed by atoms with Crippen LogP contribution in [0.3, 0.4) is 0 Å². The fourth-order valence-electron chi connectivity index (χ4n) is 5.62. The quantitative estimate of drug-likeness (QED) is 0.0228. The number of allylic oxidation sites excluding steroid dienone is 14. The molecule has 312 valence electrons. The van der Waals surface area contributed by atoms with Crippen molar-refractivity contribution >= 4 is 11.9 Å². The molecule has 0 saturated carbocycles. The molecule has 0 aromatic heterocycles. The minimum atomic E-state index is -1.61. The van der Waals surface area contributed by atoms with Gasteiger partial charge in [-0.2, -0.15) is 0 Å². The molecule has 1 heterocycles. The summed E-state index contributed by atoms with van der Waals surface area (Å²) >= 11 is 0. The van der Waals surface area contributed by atoms with E-state index in [-0.39, 0.29) is 26.1 Å². The molecule has 2 unspecified atom stereocenters. The van der Waals surface area contributed by atoms with E-state index in [1.165, 1.54) is 0 Å². The van der Waals surface area contributed by atoms with Crippen molar-refractivity contribution in [2.75, 3.05) is 19.8 Å².